The molecular weight excluding hydrogens is 272 g/mol. The molecule has 0 spiro atoms. The van der Waals surface area contributed by atoms with E-state index in [1.807, 2.05) is 30.3 Å². The highest BCUT2D eigenvalue weighted by atomic mass is 16.6. The molecule has 0 radical (unpaired) electrons. The second kappa shape index (κ2) is 7.78. The molecule has 1 aromatic carbocycles. The minimum absolute atomic E-state index is 0.139. The molecule has 1 N–H and O–H groups in total. The molecular formula is C16H22O5. The predicted molar refractivity (Wildman–Crippen MR) is 77.5 cm³/mol. The minimum atomic E-state index is -1.57. The Labute approximate surface area is 124 Å². The van der Waals surface area contributed by atoms with Crippen LogP contribution in [0.2, 0.25) is 0 Å². The Morgan fingerprint density at radius 2 is 1.71 bits per heavy atom. The SMILES string of the molecule is CCOC(=O)[C@@H](O)[C@@](C)(Cc1ccccc1)C(=O)OCC. The lowest BCUT2D eigenvalue weighted by Crippen LogP contribution is -2.48. The number of esters is 2. The Morgan fingerprint density at radius 3 is 2.24 bits per heavy atom. The van der Waals surface area contributed by atoms with Crippen molar-refractivity contribution in [3.8, 4) is 0 Å². The third-order valence-corrected chi connectivity index (χ3v) is 3.27. The lowest BCUT2D eigenvalue weighted by Gasteiger charge is -2.30. The summed E-state index contributed by atoms with van der Waals surface area (Å²) in [5, 5.41) is 10.3. The predicted octanol–water partition coefficient (Wildman–Crippen LogP) is 1.72. The van der Waals surface area contributed by atoms with Crippen molar-refractivity contribution < 1.29 is 24.2 Å². The number of aliphatic hydroxyl groups is 1. The molecule has 2 atom stereocenters. The minimum Gasteiger partial charge on any atom is -0.465 e. The summed E-state index contributed by atoms with van der Waals surface area (Å²) in [7, 11) is 0. The fourth-order valence-electron chi connectivity index (χ4n) is 2.08. The van der Waals surface area contributed by atoms with Crippen molar-refractivity contribution >= 4 is 11.9 Å². The van der Waals surface area contributed by atoms with Gasteiger partial charge in [-0.2, -0.15) is 0 Å². The van der Waals surface area contributed by atoms with E-state index in [0.29, 0.717) is 0 Å². The van der Waals surface area contributed by atoms with Crippen molar-refractivity contribution in [2.45, 2.75) is 33.3 Å². The van der Waals surface area contributed by atoms with Gasteiger partial charge >= 0.3 is 11.9 Å². The number of hydrogen-bond acceptors (Lipinski definition) is 5. The number of rotatable bonds is 7. The van der Waals surface area contributed by atoms with Gasteiger partial charge in [0.1, 0.15) is 5.41 Å². The van der Waals surface area contributed by atoms with Crippen LogP contribution in [0.15, 0.2) is 30.3 Å². The van der Waals surface area contributed by atoms with Crippen molar-refractivity contribution in [1.82, 2.24) is 0 Å². The van der Waals surface area contributed by atoms with Gasteiger partial charge in [0.15, 0.2) is 6.10 Å². The van der Waals surface area contributed by atoms with Gasteiger partial charge in [0.2, 0.25) is 0 Å². The Bertz CT molecular complexity index is 471. The fourth-order valence-corrected chi connectivity index (χ4v) is 2.08. The molecule has 116 valence electrons. The maximum atomic E-state index is 12.2. The lowest BCUT2D eigenvalue weighted by atomic mass is 9.78. The molecule has 0 aliphatic heterocycles. The van der Waals surface area contributed by atoms with Crippen LogP contribution in [0.25, 0.3) is 0 Å². The molecule has 0 aliphatic rings. The quantitative estimate of drug-likeness (QED) is 0.775. The summed E-state index contributed by atoms with van der Waals surface area (Å²) in [6.07, 6.45) is -1.39. The van der Waals surface area contributed by atoms with Crippen LogP contribution in [0, 0.1) is 5.41 Å². The number of aliphatic hydroxyl groups excluding tert-OH is 1. The largest absolute Gasteiger partial charge is 0.465 e. The zero-order chi connectivity index (χ0) is 15.9. The molecule has 0 saturated carbocycles. The van der Waals surface area contributed by atoms with Crippen LogP contribution >= 0.6 is 0 Å². The standard InChI is InChI=1S/C16H22O5/c1-4-20-14(18)13(17)16(3,15(19)21-5-2)11-12-9-7-6-8-10-12/h6-10,13,17H,4-5,11H2,1-3H3/t13-,16-/m1/s1. The van der Waals surface area contributed by atoms with Gasteiger partial charge in [0.25, 0.3) is 0 Å². The van der Waals surface area contributed by atoms with E-state index in [1.165, 1.54) is 6.92 Å². The molecule has 0 heterocycles. The van der Waals surface area contributed by atoms with Crippen LogP contribution in [0.3, 0.4) is 0 Å². The summed E-state index contributed by atoms with van der Waals surface area (Å²) in [4.78, 5) is 24.0. The fraction of sp³-hybridized carbons (Fsp3) is 0.500. The molecule has 0 unspecified atom stereocenters. The maximum Gasteiger partial charge on any atom is 0.336 e. The molecule has 0 saturated heterocycles. The van der Waals surface area contributed by atoms with Gasteiger partial charge in [0.05, 0.1) is 13.2 Å². The number of carbonyl (C=O) groups is 2. The van der Waals surface area contributed by atoms with E-state index < -0.39 is 23.5 Å². The van der Waals surface area contributed by atoms with Gasteiger partial charge in [-0.15, -0.1) is 0 Å². The van der Waals surface area contributed by atoms with Gasteiger partial charge < -0.3 is 14.6 Å². The monoisotopic (exact) mass is 294 g/mol. The summed E-state index contributed by atoms with van der Waals surface area (Å²) in [6, 6.07) is 9.17. The molecule has 0 bridgehead atoms. The first-order chi connectivity index (χ1) is 9.95. The number of ether oxygens (including phenoxy) is 2. The molecule has 1 rings (SSSR count). The van der Waals surface area contributed by atoms with Crippen molar-refractivity contribution in [1.29, 1.82) is 0 Å². The Balaban J connectivity index is 3.04. The highest BCUT2D eigenvalue weighted by Gasteiger charge is 2.46. The van der Waals surface area contributed by atoms with Gasteiger partial charge in [-0.1, -0.05) is 30.3 Å². The van der Waals surface area contributed by atoms with Crippen molar-refractivity contribution in [3.63, 3.8) is 0 Å². The summed E-state index contributed by atoms with van der Waals surface area (Å²) in [5.41, 5.74) is -0.555. The zero-order valence-corrected chi connectivity index (χ0v) is 12.7. The Hall–Kier alpha value is -1.88. The third-order valence-electron chi connectivity index (χ3n) is 3.27. The van der Waals surface area contributed by atoms with Crippen molar-refractivity contribution in [3.05, 3.63) is 35.9 Å². The van der Waals surface area contributed by atoms with Crippen LogP contribution in [0.4, 0.5) is 0 Å². The van der Waals surface area contributed by atoms with Crippen LogP contribution in [0.5, 0.6) is 0 Å². The first-order valence-electron chi connectivity index (χ1n) is 7.01. The van der Waals surface area contributed by atoms with E-state index in [1.54, 1.807) is 13.8 Å². The second-order valence-electron chi connectivity index (χ2n) is 4.95. The number of hydrogen-bond donors (Lipinski definition) is 1. The average Bonchev–Trinajstić information content (AvgIpc) is 2.47. The second-order valence-corrected chi connectivity index (χ2v) is 4.95. The smallest absolute Gasteiger partial charge is 0.336 e. The van der Waals surface area contributed by atoms with Crippen LogP contribution in [-0.4, -0.2) is 36.4 Å². The number of carbonyl (C=O) groups excluding carboxylic acids is 2. The molecule has 1 aromatic rings. The van der Waals surface area contributed by atoms with E-state index in [9.17, 15) is 14.7 Å². The van der Waals surface area contributed by atoms with Crippen LogP contribution < -0.4 is 0 Å². The molecule has 21 heavy (non-hydrogen) atoms. The van der Waals surface area contributed by atoms with Crippen LogP contribution in [-0.2, 0) is 25.5 Å². The van der Waals surface area contributed by atoms with Gasteiger partial charge in [-0.3, -0.25) is 4.79 Å². The normalized spacial score (nSPS) is 14.9. The van der Waals surface area contributed by atoms with Gasteiger partial charge in [-0.25, -0.2) is 4.79 Å². The summed E-state index contributed by atoms with van der Waals surface area (Å²) >= 11 is 0. The number of benzene rings is 1. The lowest BCUT2D eigenvalue weighted by molar-refractivity contribution is -0.175. The maximum absolute atomic E-state index is 12.2. The van der Waals surface area contributed by atoms with E-state index >= 15 is 0 Å². The average molecular weight is 294 g/mol. The van der Waals surface area contributed by atoms with E-state index in [-0.39, 0.29) is 19.6 Å². The molecule has 0 amide bonds. The van der Waals surface area contributed by atoms with E-state index in [4.69, 9.17) is 9.47 Å². The summed E-state index contributed by atoms with van der Waals surface area (Å²) < 4.78 is 9.84. The van der Waals surface area contributed by atoms with Crippen molar-refractivity contribution in [2.75, 3.05) is 13.2 Å². The van der Waals surface area contributed by atoms with Gasteiger partial charge in [-0.05, 0) is 32.8 Å². The Morgan fingerprint density at radius 1 is 1.14 bits per heavy atom. The van der Waals surface area contributed by atoms with Crippen molar-refractivity contribution in [2.24, 2.45) is 5.41 Å². The zero-order valence-electron chi connectivity index (χ0n) is 12.7. The highest BCUT2D eigenvalue weighted by Crippen LogP contribution is 2.29. The van der Waals surface area contributed by atoms with Gasteiger partial charge in [0, 0.05) is 0 Å². The summed E-state index contributed by atoms with van der Waals surface area (Å²) in [5.74, 6) is -1.43. The van der Waals surface area contributed by atoms with E-state index in [2.05, 4.69) is 0 Å². The highest BCUT2D eigenvalue weighted by molar-refractivity contribution is 5.87. The van der Waals surface area contributed by atoms with Crippen LogP contribution in [0.1, 0.15) is 26.3 Å². The van der Waals surface area contributed by atoms with E-state index in [0.717, 1.165) is 5.56 Å². The molecule has 0 aliphatic carbocycles. The summed E-state index contributed by atoms with van der Waals surface area (Å²) in [6.45, 7) is 5.15. The third kappa shape index (κ3) is 4.29. The molecule has 0 fully saturated rings. The molecule has 0 aromatic heterocycles. The topological polar surface area (TPSA) is 72.8 Å². The Kier molecular flexibility index (Phi) is 6.37. The molecule has 5 nitrogen and oxygen atoms in total. The molecule has 5 heteroatoms. The first kappa shape index (κ1) is 17.2. The first-order valence-corrected chi connectivity index (χ1v) is 7.01.